The van der Waals surface area contributed by atoms with Crippen LogP contribution in [0.3, 0.4) is 0 Å². The fourth-order valence-corrected chi connectivity index (χ4v) is 3.70. The standard InChI is InChI=1S/C11H19N5O2S/c1-9-8-15(3)4-5-16(9)19(17,18)10-6-13-11(12-2)14-7-10/h6-7,9H,4-5,8H2,1-3H3,(H,12,13,14). The smallest absolute Gasteiger partial charge is 0.246 e. The Labute approximate surface area is 113 Å². The minimum Gasteiger partial charge on any atom is -0.357 e. The van der Waals surface area contributed by atoms with Gasteiger partial charge in [0.1, 0.15) is 4.90 Å². The van der Waals surface area contributed by atoms with E-state index in [4.69, 9.17) is 0 Å². The topological polar surface area (TPSA) is 78.4 Å². The molecule has 0 saturated carbocycles. The number of piperazine rings is 1. The molecule has 0 bridgehead atoms. The largest absolute Gasteiger partial charge is 0.357 e. The normalized spacial score (nSPS) is 22.4. The van der Waals surface area contributed by atoms with E-state index in [0.717, 1.165) is 13.1 Å². The quantitative estimate of drug-likeness (QED) is 0.831. The van der Waals surface area contributed by atoms with E-state index in [1.165, 1.54) is 16.7 Å². The van der Waals surface area contributed by atoms with E-state index in [2.05, 4.69) is 20.2 Å². The Bertz CT molecular complexity index is 531. The molecule has 1 fully saturated rings. The molecule has 0 aliphatic carbocycles. The summed E-state index contributed by atoms with van der Waals surface area (Å²) in [6.45, 7) is 3.87. The summed E-state index contributed by atoms with van der Waals surface area (Å²) in [6, 6.07) is -0.0484. The summed E-state index contributed by atoms with van der Waals surface area (Å²) in [5, 5.41) is 2.76. The van der Waals surface area contributed by atoms with Crippen molar-refractivity contribution in [1.82, 2.24) is 19.2 Å². The van der Waals surface area contributed by atoms with E-state index in [-0.39, 0.29) is 10.9 Å². The van der Waals surface area contributed by atoms with Gasteiger partial charge in [-0.15, -0.1) is 0 Å². The molecule has 0 radical (unpaired) electrons. The lowest BCUT2D eigenvalue weighted by molar-refractivity contribution is 0.170. The highest BCUT2D eigenvalue weighted by atomic mass is 32.2. The number of anilines is 1. The van der Waals surface area contributed by atoms with Crippen LogP contribution in [0.5, 0.6) is 0 Å². The van der Waals surface area contributed by atoms with Crippen molar-refractivity contribution in [2.75, 3.05) is 39.0 Å². The van der Waals surface area contributed by atoms with Gasteiger partial charge in [0.05, 0.1) is 12.4 Å². The van der Waals surface area contributed by atoms with Crippen LogP contribution in [0.4, 0.5) is 5.95 Å². The average Bonchev–Trinajstić information content (AvgIpc) is 2.38. The third-order valence-electron chi connectivity index (χ3n) is 3.23. The van der Waals surface area contributed by atoms with Crippen LogP contribution in [0.15, 0.2) is 17.3 Å². The summed E-state index contributed by atoms with van der Waals surface area (Å²) in [5.74, 6) is 0.408. The van der Waals surface area contributed by atoms with Crippen LogP contribution >= 0.6 is 0 Å². The zero-order chi connectivity index (χ0) is 14.0. The van der Waals surface area contributed by atoms with Gasteiger partial charge >= 0.3 is 0 Å². The Balaban J connectivity index is 2.26. The number of aromatic nitrogens is 2. The summed E-state index contributed by atoms with van der Waals surface area (Å²) in [5.41, 5.74) is 0. The fourth-order valence-electron chi connectivity index (χ4n) is 2.19. The lowest BCUT2D eigenvalue weighted by atomic mass is 10.2. The molecule has 2 heterocycles. The molecule has 0 aromatic carbocycles. The summed E-state index contributed by atoms with van der Waals surface area (Å²) in [7, 11) is 0.172. The second kappa shape index (κ2) is 5.40. The maximum Gasteiger partial charge on any atom is 0.246 e. The third-order valence-corrected chi connectivity index (χ3v) is 5.19. The second-order valence-electron chi connectivity index (χ2n) is 4.72. The van der Waals surface area contributed by atoms with Crippen molar-refractivity contribution < 1.29 is 8.42 Å². The van der Waals surface area contributed by atoms with Crippen molar-refractivity contribution in [3.8, 4) is 0 Å². The Morgan fingerprint density at radius 1 is 1.32 bits per heavy atom. The first-order valence-corrected chi connectivity index (χ1v) is 7.59. The number of sulfonamides is 1. The number of likely N-dealkylation sites (N-methyl/N-ethyl adjacent to an activating group) is 1. The number of rotatable bonds is 3. The molecular weight excluding hydrogens is 266 g/mol. The van der Waals surface area contributed by atoms with Crippen molar-refractivity contribution in [2.24, 2.45) is 0 Å². The van der Waals surface area contributed by atoms with Gasteiger partial charge in [0, 0.05) is 32.7 Å². The maximum absolute atomic E-state index is 12.5. The lowest BCUT2D eigenvalue weighted by Gasteiger charge is -2.36. The average molecular weight is 285 g/mol. The first kappa shape index (κ1) is 14.2. The fraction of sp³-hybridized carbons (Fsp3) is 0.636. The van der Waals surface area contributed by atoms with Crippen LogP contribution in [0.25, 0.3) is 0 Å². The molecule has 8 heteroatoms. The minimum absolute atomic E-state index is 0.0484. The van der Waals surface area contributed by atoms with Crippen LogP contribution in [0, 0.1) is 0 Å². The molecule has 1 atom stereocenters. The van der Waals surface area contributed by atoms with E-state index >= 15 is 0 Å². The van der Waals surface area contributed by atoms with Crippen LogP contribution < -0.4 is 5.32 Å². The van der Waals surface area contributed by atoms with Crippen molar-refractivity contribution in [3.05, 3.63) is 12.4 Å². The Kier molecular flexibility index (Phi) is 4.02. The molecule has 1 N–H and O–H groups in total. The van der Waals surface area contributed by atoms with Crippen LogP contribution in [0.1, 0.15) is 6.92 Å². The van der Waals surface area contributed by atoms with E-state index in [0.29, 0.717) is 12.5 Å². The molecule has 1 aromatic heterocycles. The van der Waals surface area contributed by atoms with Crippen molar-refractivity contribution in [2.45, 2.75) is 17.9 Å². The molecule has 0 spiro atoms. The first-order chi connectivity index (χ1) is 8.95. The highest BCUT2D eigenvalue weighted by Gasteiger charge is 2.33. The third kappa shape index (κ3) is 2.85. The predicted molar refractivity (Wildman–Crippen MR) is 72.4 cm³/mol. The van der Waals surface area contributed by atoms with Crippen molar-refractivity contribution in [1.29, 1.82) is 0 Å². The molecule has 19 heavy (non-hydrogen) atoms. The first-order valence-electron chi connectivity index (χ1n) is 6.15. The number of hydrogen-bond donors (Lipinski definition) is 1. The van der Waals surface area contributed by atoms with Gasteiger partial charge in [-0.25, -0.2) is 18.4 Å². The summed E-state index contributed by atoms with van der Waals surface area (Å²) in [4.78, 5) is 10.2. The van der Waals surface area contributed by atoms with Gasteiger partial charge in [-0.05, 0) is 14.0 Å². The highest BCUT2D eigenvalue weighted by Crippen LogP contribution is 2.20. The molecular formula is C11H19N5O2S. The Morgan fingerprint density at radius 2 is 1.95 bits per heavy atom. The zero-order valence-electron chi connectivity index (χ0n) is 11.4. The Morgan fingerprint density at radius 3 is 2.47 bits per heavy atom. The van der Waals surface area contributed by atoms with E-state index in [9.17, 15) is 8.42 Å². The monoisotopic (exact) mass is 285 g/mol. The summed E-state index contributed by atoms with van der Waals surface area (Å²) >= 11 is 0. The van der Waals surface area contributed by atoms with Gasteiger partial charge in [0.2, 0.25) is 16.0 Å². The SMILES string of the molecule is CNc1ncc(S(=O)(=O)N2CCN(C)CC2C)cn1. The lowest BCUT2D eigenvalue weighted by Crippen LogP contribution is -2.52. The Hall–Kier alpha value is -1.25. The van der Waals surface area contributed by atoms with Crippen LogP contribution in [0.2, 0.25) is 0 Å². The van der Waals surface area contributed by atoms with Crippen LogP contribution in [-0.2, 0) is 10.0 Å². The second-order valence-corrected chi connectivity index (χ2v) is 6.61. The molecule has 106 valence electrons. The number of hydrogen-bond acceptors (Lipinski definition) is 6. The molecule has 7 nitrogen and oxygen atoms in total. The number of nitrogens with one attached hydrogen (secondary N) is 1. The number of nitrogens with zero attached hydrogens (tertiary/aromatic N) is 4. The molecule has 1 aromatic rings. The van der Waals surface area contributed by atoms with Crippen LogP contribution in [-0.4, -0.2) is 67.4 Å². The molecule has 1 saturated heterocycles. The van der Waals surface area contributed by atoms with E-state index in [1.807, 2.05) is 14.0 Å². The highest BCUT2D eigenvalue weighted by molar-refractivity contribution is 7.89. The van der Waals surface area contributed by atoms with Gasteiger partial charge in [0.25, 0.3) is 0 Å². The maximum atomic E-state index is 12.5. The summed E-state index contributed by atoms with van der Waals surface area (Å²) < 4.78 is 26.5. The zero-order valence-corrected chi connectivity index (χ0v) is 12.2. The molecule has 1 aliphatic heterocycles. The summed E-state index contributed by atoms with van der Waals surface area (Å²) in [6.07, 6.45) is 2.69. The molecule has 2 rings (SSSR count). The van der Waals surface area contributed by atoms with Gasteiger partial charge in [0.15, 0.2) is 0 Å². The van der Waals surface area contributed by atoms with Gasteiger partial charge in [-0.1, -0.05) is 0 Å². The van der Waals surface area contributed by atoms with E-state index < -0.39 is 10.0 Å². The van der Waals surface area contributed by atoms with Crippen molar-refractivity contribution >= 4 is 16.0 Å². The van der Waals surface area contributed by atoms with Gasteiger partial charge in [-0.3, -0.25) is 0 Å². The molecule has 1 aliphatic rings. The minimum atomic E-state index is -3.51. The van der Waals surface area contributed by atoms with E-state index in [1.54, 1.807) is 7.05 Å². The van der Waals surface area contributed by atoms with Gasteiger partial charge < -0.3 is 10.2 Å². The molecule has 0 amide bonds. The predicted octanol–water partition coefficient (Wildman–Crippen LogP) is -0.157. The van der Waals surface area contributed by atoms with Gasteiger partial charge in [-0.2, -0.15) is 4.31 Å². The molecule has 1 unspecified atom stereocenters. The van der Waals surface area contributed by atoms with Crippen molar-refractivity contribution in [3.63, 3.8) is 0 Å².